The molecule has 0 spiro atoms. The number of likely N-dealkylation sites (tertiary alicyclic amines) is 1. The van der Waals surface area contributed by atoms with Crippen LogP contribution in [0.25, 0.3) is 21.9 Å². The quantitative estimate of drug-likeness (QED) is 0.482. The highest BCUT2D eigenvalue weighted by Crippen LogP contribution is 2.34. The van der Waals surface area contributed by atoms with Crippen LogP contribution < -0.4 is 0 Å². The van der Waals surface area contributed by atoms with Crippen molar-refractivity contribution in [3.63, 3.8) is 0 Å². The lowest BCUT2D eigenvalue weighted by Gasteiger charge is -2.32. The van der Waals surface area contributed by atoms with E-state index in [0.29, 0.717) is 11.5 Å². The van der Waals surface area contributed by atoms with E-state index in [4.69, 9.17) is 0 Å². The summed E-state index contributed by atoms with van der Waals surface area (Å²) in [7, 11) is 0. The maximum atomic E-state index is 13.2. The third kappa shape index (κ3) is 3.48. The van der Waals surface area contributed by atoms with Gasteiger partial charge in [-0.15, -0.1) is 0 Å². The molecule has 0 saturated carbocycles. The Morgan fingerprint density at radius 1 is 0.935 bits per heavy atom. The van der Waals surface area contributed by atoms with E-state index in [1.807, 2.05) is 36.9 Å². The largest absolute Gasteiger partial charge is 0.358 e. The lowest BCUT2D eigenvalue weighted by molar-refractivity contribution is 0.0712. The molecule has 2 aromatic heterocycles. The average molecular weight is 413 g/mol. The third-order valence-corrected chi connectivity index (χ3v) is 6.77. The van der Waals surface area contributed by atoms with Gasteiger partial charge in [0, 0.05) is 41.2 Å². The van der Waals surface area contributed by atoms with Gasteiger partial charge in [-0.25, -0.2) is 9.97 Å². The lowest BCUT2D eigenvalue weighted by Crippen LogP contribution is -2.38. The molecule has 4 aromatic rings. The van der Waals surface area contributed by atoms with Gasteiger partial charge in [0.1, 0.15) is 0 Å². The van der Waals surface area contributed by atoms with Crippen molar-refractivity contribution >= 4 is 27.8 Å². The van der Waals surface area contributed by atoms with Crippen LogP contribution in [0, 0.1) is 27.7 Å². The monoisotopic (exact) mass is 412 g/mol. The first-order valence-electron chi connectivity index (χ1n) is 11.0. The number of aromatic nitrogens is 3. The van der Waals surface area contributed by atoms with Gasteiger partial charge in [-0.2, -0.15) is 0 Å². The number of aryl methyl sites for hydroxylation is 4. The van der Waals surface area contributed by atoms with Crippen LogP contribution in [-0.2, 0) is 0 Å². The van der Waals surface area contributed by atoms with E-state index < -0.39 is 0 Å². The first-order valence-corrected chi connectivity index (χ1v) is 11.0. The zero-order chi connectivity index (χ0) is 21.7. The minimum absolute atomic E-state index is 0.0874. The van der Waals surface area contributed by atoms with Crippen molar-refractivity contribution in [3.8, 4) is 0 Å². The van der Waals surface area contributed by atoms with Crippen molar-refractivity contribution in [3.05, 3.63) is 70.2 Å². The second-order valence-corrected chi connectivity index (χ2v) is 8.88. The van der Waals surface area contributed by atoms with Crippen molar-refractivity contribution < 1.29 is 4.79 Å². The number of hydrogen-bond acceptors (Lipinski definition) is 3. The Bertz CT molecular complexity index is 1310. The molecule has 0 unspecified atom stereocenters. The zero-order valence-corrected chi connectivity index (χ0v) is 18.6. The zero-order valence-electron chi connectivity index (χ0n) is 18.6. The summed E-state index contributed by atoms with van der Waals surface area (Å²) in [5, 5.41) is 1.32. The van der Waals surface area contributed by atoms with Crippen LogP contribution in [0.1, 0.15) is 57.3 Å². The number of hydrogen-bond donors (Lipinski definition) is 1. The summed E-state index contributed by atoms with van der Waals surface area (Å²) in [5.41, 5.74) is 9.32. The van der Waals surface area contributed by atoms with E-state index in [1.165, 1.54) is 27.7 Å². The molecule has 158 valence electrons. The number of carbonyl (C=O) groups excluding carboxylic acids is 1. The van der Waals surface area contributed by atoms with Gasteiger partial charge in [-0.3, -0.25) is 4.79 Å². The molecular weight excluding hydrogens is 384 g/mol. The molecule has 0 atom stereocenters. The van der Waals surface area contributed by atoms with E-state index in [9.17, 15) is 4.79 Å². The van der Waals surface area contributed by atoms with Gasteiger partial charge >= 0.3 is 0 Å². The minimum atomic E-state index is 0.0874. The van der Waals surface area contributed by atoms with Gasteiger partial charge in [0.15, 0.2) is 0 Å². The minimum Gasteiger partial charge on any atom is -0.358 e. The normalized spacial score (nSPS) is 15.2. The third-order valence-electron chi connectivity index (χ3n) is 6.77. The first kappa shape index (κ1) is 19.7. The first-order chi connectivity index (χ1) is 14.9. The Morgan fingerprint density at radius 2 is 1.65 bits per heavy atom. The number of nitrogens with zero attached hydrogens (tertiary/aromatic N) is 3. The molecule has 1 aliphatic heterocycles. The molecule has 1 aliphatic rings. The van der Waals surface area contributed by atoms with Gasteiger partial charge in [-0.1, -0.05) is 11.6 Å². The molecular formula is C26H28N4O. The summed E-state index contributed by atoms with van der Waals surface area (Å²) in [5.74, 6) is 0.550. The summed E-state index contributed by atoms with van der Waals surface area (Å²) >= 11 is 0. The maximum absolute atomic E-state index is 13.2. The Balaban J connectivity index is 1.33. The lowest BCUT2D eigenvalue weighted by atomic mass is 9.91. The number of H-pyrrole nitrogens is 1. The van der Waals surface area contributed by atoms with E-state index in [1.54, 1.807) is 0 Å². The second-order valence-electron chi connectivity index (χ2n) is 8.88. The summed E-state index contributed by atoms with van der Waals surface area (Å²) in [4.78, 5) is 28.0. The van der Waals surface area contributed by atoms with Gasteiger partial charge in [0.2, 0.25) is 0 Å². The molecule has 1 saturated heterocycles. The molecule has 5 rings (SSSR count). The topological polar surface area (TPSA) is 61.9 Å². The fourth-order valence-corrected chi connectivity index (χ4v) is 4.79. The van der Waals surface area contributed by atoms with Crippen LogP contribution in [0.4, 0.5) is 0 Å². The van der Waals surface area contributed by atoms with Gasteiger partial charge in [0.05, 0.1) is 22.4 Å². The Morgan fingerprint density at radius 3 is 2.39 bits per heavy atom. The maximum Gasteiger partial charge on any atom is 0.253 e. The molecule has 1 N–H and O–H groups in total. The number of rotatable bonds is 2. The Kier molecular flexibility index (Phi) is 4.77. The Labute approximate surface area is 182 Å². The molecule has 1 amide bonds. The smallest absolute Gasteiger partial charge is 0.253 e. The van der Waals surface area contributed by atoms with Crippen molar-refractivity contribution in [1.29, 1.82) is 0 Å². The second kappa shape index (κ2) is 7.49. The molecule has 0 aliphatic carbocycles. The molecule has 0 radical (unpaired) electrons. The number of benzene rings is 2. The number of aromatic amines is 1. The molecule has 5 nitrogen and oxygen atoms in total. The molecule has 2 aromatic carbocycles. The van der Waals surface area contributed by atoms with E-state index >= 15 is 0 Å². The molecule has 5 heteroatoms. The van der Waals surface area contributed by atoms with Crippen molar-refractivity contribution in [2.75, 3.05) is 13.1 Å². The van der Waals surface area contributed by atoms with Crippen molar-refractivity contribution in [2.24, 2.45) is 0 Å². The molecule has 31 heavy (non-hydrogen) atoms. The number of piperidine rings is 1. The van der Waals surface area contributed by atoms with Crippen LogP contribution in [0.3, 0.4) is 0 Å². The highest BCUT2D eigenvalue weighted by Gasteiger charge is 2.27. The SMILES string of the molecule is Cc1ccc2[nH]c(C3CCN(C(=O)c4ccc5nc(C)c(C)nc5c4)CC3)c(C)c2c1. The van der Waals surface area contributed by atoms with Gasteiger partial charge in [0.25, 0.3) is 5.91 Å². The average Bonchev–Trinajstić information content (AvgIpc) is 3.10. The highest BCUT2D eigenvalue weighted by atomic mass is 16.2. The van der Waals surface area contributed by atoms with Crippen LogP contribution in [0.15, 0.2) is 36.4 Å². The van der Waals surface area contributed by atoms with Crippen LogP contribution in [-0.4, -0.2) is 38.8 Å². The summed E-state index contributed by atoms with van der Waals surface area (Å²) in [6.07, 6.45) is 1.95. The van der Waals surface area contributed by atoms with E-state index in [-0.39, 0.29) is 5.91 Å². The number of fused-ring (bicyclic) bond motifs is 2. The number of amides is 1. The van der Waals surface area contributed by atoms with Crippen molar-refractivity contribution in [1.82, 2.24) is 19.9 Å². The number of nitrogens with one attached hydrogen (secondary N) is 1. The van der Waals surface area contributed by atoms with Crippen LogP contribution in [0.2, 0.25) is 0 Å². The molecule has 1 fully saturated rings. The molecule has 3 heterocycles. The van der Waals surface area contributed by atoms with Gasteiger partial charge < -0.3 is 9.88 Å². The fraction of sp³-hybridized carbons (Fsp3) is 0.346. The van der Waals surface area contributed by atoms with Gasteiger partial charge in [-0.05, 0) is 76.4 Å². The Hall–Kier alpha value is -3.21. The van der Waals surface area contributed by atoms with Crippen molar-refractivity contribution in [2.45, 2.75) is 46.5 Å². The predicted molar refractivity (Wildman–Crippen MR) is 125 cm³/mol. The van der Waals surface area contributed by atoms with E-state index in [0.717, 1.165) is 48.4 Å². The predicted octanol–water partition coefficient (Wildman–Crippen LogP) is 5.36. The van der Waals surface area contributed by atoms with Crippen LogP contribution in [0.5, 0.6) is 0 Å². The number of carbonyl (C=O) groups is 1. The highest BCUT2D eigenvalue weighted by molar-refractivity contribution is 5.97. The van der Waals surface area contributed by atoms with E-state index in [2.05, 4.69) is 47.0 Å². The summed E-state index contributed by atoms with van der Waals surface area (Å²) in [6, 6.07) is 12.3. The summed E-state index contributed by atoms with van der Waals surface area (Å²) in [6.45, 7) is 9.80. The fourth-order valence-electron chi connectivity index (χ4n) is 4.79. The standard InChI is InChI=1S/C26H28N4O/c1-15-5-7-22-21(13-15)16(2)25(29-22)19-9-11-30(12-10-19)26(31)20-6-8-23-24(14-20)28-18(4)17(3)27-23/h5-8,13-14,19,29H,9-12H2,1-4H3. The summed E-state index contributed by atoms with van der Waals surface area (Å²) < 4.78 is 0. The molecule has 0 bridgehead atoms. The van der Waals surface area contributed by atoms with Crippen LogP contribution >= 0.6 is 0 Å².